The topological polar surface area (TPSA) is 82.6 Å². The zero-order valence-corrected chi connectivity index (χ0v) is 11.9. The third-order valence-corrected chi connectivity index (χ3v) is 2.35. The summed E-state index contributed by atoms with van der Waals surface area (Å²) >= 11 is 0. The maximum absolute atomic E-state index is 11.8. The van der Waals surface area contributed by atoms with E-state index in [2.05, 4.69) is 4.98 Å². The summed E-state index contributed by atoms with van der Waals surface area (Å²) < 4.78 is 9.62. The van der Waals surface area contributed by atoms with Gasteiger partial charge in [0.1, 0.15) is 5.69 Å². The second-order valence-corrected chi connectivity index (χ2v) is 5.19. The maximum Gasteiger partial charge on any atom is 0.343 e. The molecule has 0 N–H and O–H groups in total. The van der Waals surface area contributed by atoms with Crippen molar-refractivity contribution < 1.29 is 23.9 Å². The molecule has 0 saturated carbocycles. The summed E-state index contributed by atoms with van der Waals surface area (Å²) in [6.07, 6.45) is 1.41. The van der Waals surface area contributed by atoms with Crippen LogP contribution in [0.15, 0.2) is 18.3 Å². The van der Waals surface area contributed by atoms with E-state index in [1.165, 1.54) is 25.3 Å². The third kappa shape index (κ3) is 4.15. The molecule has 0 unspecified atom stereocenters. The number of Topliss-reactive ketones (excluding diaryl/α,β-unsaturated/α-hetero) is 1. The van der Waals surface area contributed by atoms with E-state index in [-0.39, 0.29) is 17.0 Å². The first-order valence-corrected chi connectivity index (χ1v) is 6.04. The summed E-state index contributed by atoms with van der Waals surface area (Å²) in [6, 6.07) is 2.95. The number of carbonyl (C=O) groups is 3. The zero-order valence-electron chi connectivity index (χ0n) is 11.9. The summed E-state index contributed by atoms with van der Waals surface area (Å²) in [7, 11) is 0. The number of carbonyl (C=O) groups excluding carboxylic acids is 3. The molecule has 0 saturated heterocycles. The van der Waals surface area contributed by atoms with Crippen LogP contribution in [0.1, 0.15) is 48.5 Å². The minimum atomic E-state index is -0.759. The molecule has 0 amide bonds. The number of aromatic nitrogens is 1. The van der Waals surface area contributed by atoms with Crippen molar-refractivity contribution >= 4 is 17.7 Å². The van der Waals surface area contributed by atoms with Gasteiger partial charge in [-0.2, -0.15) is 0 Å². The van der Waals surface area contributed by atoms with Gasteiger partial charge in [-0.25, -0.2) is 4.79 Å². The number of rotatable bonds is 4. The lowest BCUT2D eigenvalue weighted by atomic mass is 9.98. The first-order valence-electron chi connectivity index (χ1n) is 6.04. The molecule has 0 bridgehead atoms. The molecule has 1 rings (SSSR count). The molecule has 0 aliphatic heterocycles. The van der Waals surface area contributed by atoms with Gasteiger partial charge < -0.3 is 9.47 Å². The monoisotopic (exact) mass is 279 g/mol. The summed E-state index contributed by atoms with van der Waals surface area (Å²) in [6.45, 7) is 5.87. The lowest BCUT2D eigenvalue weighted by molar-refractivity contribution is -0.161. The largest absolute Gasteiger partial charge is 0.427 e. The molecule has 1 aromatic rings. The molecule has 0 aliphatic rings. The van der Waals surface area contributed by atoms with Gasteiger partial charge in [-0.1, -0.05) is 0 Å². The molecule has 0 atom stereocenters. The van der Waals surface area contributed by atoms with Gasteiger partial charge in [0, 0.05) is 13.1 Å². The van der Waals surface area contributed by atoms with Gasteiger partial charge in [0.05, 0.1) is 11.0 Å². The Kier molecular flexibility index (Phi) is 4.96. The van der Waals surface area contributed by atoms with Crippen LogP contribution >= 0.6 is 0 Å². The van der Waals surface area contributed by atoms with Crippen LogP contribution in [-0.4, -0.2) is 29.5 Å². The van der Waals surface area contributed by atoms with Crippen molar-refractivity contribution in [2.75, 3.05) is 6.79 Å². The molecule has 0 fully saturated rings. The maximum atomic E-state index is 11.8. The predicted octanol–water partition coefficient (Wildman–Crippen LogP) is 1.99. The van der Waals surface area contributed by atoms with E-state index in [0.29, 0.717) is 0 Å². The van der Waals surface area contributed by atoms with E-state index in [4.69, 9.17) is 9.47 Å². The van der Waals surface area contributed by atoms with Crippen LogP contribution in [0, 0.1) is 5.41 Å². The predicted molar refractivity (Wildman–Crippen MR) is 70.1 cm³/mol. The summed E-state index contributed by atoms with van der Waals surface area (Å²) in [5, 5.41) is 0. The molecule has 0 spiro atoms. The number of hydrogen-bond donors (Lipinski definition) is 0. The van der Waals surface area contributed by atoms with Crippen LogP contribution in [0.4, 0.5) is 0 Å². The van der Waals surface area contributed by atoms with Crippen LogP contribution in [0.5, 0.6) is 0 Å². The van der Waals surface area contributed by atoms with Gasteiger partial charge >= 0.3 is 11.9 Å². The van der Waals surface area contributed by atoms with Crippen LogP contribution < -0.4 is 0 Å². The smallest absolute Gasteiger partial charge is 0.343 e. The Morgan fingerprint density at radius 3 is 2.40 bits per heavy atom. The molecule has 0 radical (unpaired) electrons. The molecular formula is C14H17NO5. The molecule has 20 heavy (non-hydrogen) atoms. The van der Waals surface area contributed by atoms with Crippen molar-refractivity contribution in [1.82, 2.24) is 4.98 Å². The van der Waals surface area contributed by atoms with Crippen molar-refractivity contribution in [3.05, 3.63) is 29.6 Å². The fourth-order valence-corrected chi connectivity index (χ4v) is 1.28. The second kappa shape index (κ2) is 6.27. The van der Waals surface area contributed by atoms with Crippen molar-refractivity contribution in [2.24, 2.45) is 5.41 Å². The molecular weight excluding hydrogens is 262 g/mol. The number of esters is 2. The van der Waals surface area contributed by atoms with Crippen molar-refractivity contribution in [1.29, 1.82) is 0 Å². The van der Waals surface area contributed by atoms with Crippen LogP contribution in [-0.2, 0) is 14.3 Å². The number of ketones is 1. The number of hydrogen-bond acceptors (Lipinski definition) is 6. The molecule has 6 nitrogen and oxygen atoms in total. The Morgan fingerprint density at radius 1 is 1.20 bits per heavy atom. The normalized spacial score (nSPS) is 10.8. The Bertz CT molecular complexity index is 531. The molecule has 1 heterocycles. The van der Waals surface area contributed by atoms with Crippen LogP contribution in [0.2, 0.25) is 0 Å². The highest BCUT2D eigenvalue weighted by Crippen LogP contribution is 2.15. The Hall–Kier alpha value is -2.24. The van der Waals surface area contributed by atoms with Gasteiger partial charge in [-0.3, -0.25) is 14.6 Å². The number of nitrogens with zero attached hydrogens (tertiary/aromatic N) is 1. The standard InChI is InChI=1S/C14H17NO5/c1-9(16)11-10(6-5-7-15-11)12(17)19-8-20-13(18)14(2,3)4/h5-7H,8H2,1-4H3. The molecule has 0 aromatic carbocycles. The highest BCUT2D eigenvalue weighted by atomic mass is 16.7. The SMILES string of the molecule is CC(=O)c1ncccc1C(=O)OCOC(=O)C(C)(C)C. The number of ether oxygens (including phenoxy) is 2. The van der Waals surface area contributed by atoms with Gasteiger partial charge in [-0.05, 0) is 32.9 Å². The van der Waals surface area contributed by atoms with Crippen molar-refractivity contribution in [3.8, 4) is 0 Å². The molecule has 0 aliphatic carbocycles. The molecule has 1 aromatic heterocycles. The Labute approximate surface area is 117 Å². The van der Waals surface area contributed by atoms with Gasteiger partial charge in [0.2, 0.25) is 6.79 Å². The van der Waals surface area contributed by atoms with Gasteiger partial charge in [0.25, 0.3) is 0 Å². The zero-order chi connectivity index (χ0) is 15.3. The van der Waals surface area contributed by atoms with Gasteiger partial charge in [-0.15, -0.1) is 0 Å². The summed E-state index contributed by atoms with van der Waals surface area (Å²) in [5.41, 5.74) is -0.600. The summed E-state index contributed by atoms with van der Waals surface area (Å²) in [5.74, 6) is -1.59. The minimum Gasteiger partial charge on any atom is -0.427 e. The molecule has 6 heteroatoms. The van der Waals surface area contributed by atoms with E-state index in [1.54, 1.807) is 20.8 Å². The van der Waals surface area contributed by atoms with Crippen LogP contribution in [0.3, 0.4) is 0 Å². The van der Waals surface area contributed by atoms with E-state index < -0.39 is 24.1 Å². The number of pyridine rings is 1. The van der Waals surface area contributed by atoms with E-state index in [0.717, 1.165) is 0 Å². The van der Waals surface area contributed by atoms with Crippen LogP contribution in [0.25, 0.3) is 0 Å². The lowest BCUT2D eigenvalue weighted by Gasteiger charge is -2.16. The lowest BCUT2D eigenvalue weighted by Crippen LogP contribution is -2.25. The second-order valence-electron chi connectivity index (χ2n) is 5.19. The van der Waals surface area contributed by atoms with Gasteiger partial charge in [0.15, 0.2) is 5.78 Å². The highest BCUT2D eigenvalue weighted by molar-refractivity contribution is 6.03. The fraction of sp³-hybridized carbons (Fsp3) is 0.429. The van der Waals surface area contributed by atoms with E-state index in [1.807, 2.05) is 0 Å². The average Bonchev–Trinajstić information content (AvgIpc) is 2.37. The Morgan fingerprint density at radius 2 is 1.85 bits per heavy atom. The van der Waals surface area contributed by atoms with E-state index in [9.17, 15) is 14.4 Å². The average molecular weight is 279 g/mol. The van der Waals surface area contributed by atoms with Crippen molar-refractivity contribution in [2.45, 2.75) is 27.7 Å². The first kappa shape index (κ1) is 15.8. The minimum absolute atomic E-state index is 0.0275. The first-order chi connectivity index (χ1) is 9.23. The quantitative estimate of drug-likeness (QED) is 0.476. The fourth-order valence-electron chi connectivity index (χ4n) is 1.28. The molecule has 108 valence electrons. The van der Waals surface area contributed by atoms with Crippen molar-refractivity contribution in [3.63, 3.8) is 0 Å². The highest BCUT2D eigenvalue weighted by Gasteiger charge is 2.24. The summed E-state index contributed by atoms with van der Waals surface area (Å²) in [4.78, 5) is 38.4. The third-order valence-electron chi connectivity index (χ3n) is 2.35. The Balaban J connectivity index is 2.65. The van der Waals surface area contributed by atoms with E-state index >= 15 is 0 Å².